The molecule has 190 valence electrons. The summed E-state index contributed by atoms with van der Waals surface area (Å²) in [7, 11) is 0. The van der Waals surface area contributed by atoms with Gasteiger partial charge in [-0.05, 0) is 60.6 Å². The fourth-order valence-corrected chi connectivity index (χ4v) is 6.08. The second-order valence-corrected chi connectivity index (χ2v) is 11.3. The maximum atomic E-state index is 13.9. The van der Waals surface area contributed by atoms with E-state index in [2.05, 4.69) is 42.3 Å². The zero-order valence-electron chi connectivity index (χ0n) is 21.7. The van der Waals surface area contributed by atoms with E-state index in [1.807, 2.05) is 54.3 Å². The number of hydrogen-bond donors (Lipinski definition) is 1. The first-order valence-corrected chi connectivity index (χ1v) is 13.1. The molecule has 6 nitrogen and oxygen atoms in total. The minimum absolute atomic E-state index is 0.0465. The van der Waals surface area contributed by atoms with Crippen LogP contribution >= 0.6 is 0 Å². The number of benzene rings is 2. The number of fused-ring (bicyclic) bond motifs is 2. The van der Waals surface area contributed by atoms with E-state index in [0.29, 0.717) is 30.8 Å². The summed E-state index contributed by atoms with van der Waals surface area (Å²) in [5.41, 5.74) is 5.80. The molecule has 6 heteroatoms. The summed E-state index contributed by atoms with van der Waals surface area (Å²) in [5.74, 6) is 1.62. The normalized spacial score (nSPS) is 20.5. The summed E-state index contributed by atoms with van der Waals surface area (Å²) >= 11 is 0. The zero-order chi connectivity index (χ0) is 25.7. The number of hydrogen-bond acceptors (Lipinski definition) is 5. The van der Waals surface area contributed by atoms with Gasteiger partial charge in [0.15, 0.2) is 5.78 Å². The third kappa shape index (κ3) is 4.35. The van der Waals surface area contributed by atoms with Crippen LogP contribution in [0.5, 0.6) is 0 Å². The Morgan fingerprint density at radius 3 is 2.57 bits per heavy atom. The summed E-state index contributed by atoms with van der Waals surface area (Å²) in [4.78, 5) is 31.6. The number of carbonyl (C=O) groups excluding carboxylic acids is 2. The zero-order valence-corrected chi connectivity index (χ0v) is 21.7. The molecule has 1 aromatic heterocycles. The van der Waals surface area contributed by atoms with Gasteiger partial charge < -0.3 is 19.5 Å². The molecule has 37 heavy (non-hydrogen) atoms. The van der Waals surface area contributed by atoms with Crippen molar-refractivity contribution < 1.29 is 14.0 Å². The molecule has 1 unspecified atom stereocenters. The van der Waals surface area contributed by atoms with Gasteiger partial charge in [-0.1, -0.05) is 50.2 Å². The summed E-state index contributed by atoms with van der Waals surface area (Å²) < 4.78 is 6.17. The molecule has 2 aliphatic heterocycles. The number of amides is 1. The second-order valence-electron chi connectivity index (χ2n) is 11.3. The van der Waals surface area contributed by atoms with Crippen LogP contribution in [0.4, 0.5) is 11.4 Å². The number of para-hydroxylation sites is 2. The van der Waals surface area contributed by atoms with Gasteiger partial charge >= 0.3 is 0 Å². The molecule has 3 aromatic rings. The van der Waals surface area contributed by atoms with E-state index >= 15 is 0 Å². The Hall–Kier alpha value is -3.80. The Bertz CT molecular complexity index is 1420. The smallest absolute Gasteiger partial charge is 0.242 e. The predicted octanol–water partition coefficient (Wildman–Crippen LogP) is 5.79. The van der Waals surface area contributed by atoms with Crippen molar-refractivity contribution >= 4 is 23.1 Å². The molecule has 0 spiro atoms. The quantitative estimate of drug-likeness (QED) is 0.498. The van der Waals surface area contributed by atoms with Crippen LogP contribution in [-0.2, 0) is 22.6 Å². The summed E-state index contributed by atoms with van der Waals surface area (Å²) in [6.07, 6.45) is 2.07. The van der Waals surface area contributed by atoms with Gasteiger partial charge in [0.2, 0.25) is 5.91 Å². The molecule has 0 fully saturated rings. The first-order chi connectivity index (χ1) is 17.8. The topological polar surface area (TPSA) is 65.8 Å². The van der Waals surface area contributed by atoms with Crippen molar-refractivity contribution in [2.75, 3.05) is 23.3 Å². The van der Waals surface area contributed by atoms with Gasteiger partial charge in [-0.2, -0.15) is 0 Å². The average molecular weight is 496 g/mol. The molecule has 1 amide bonds. The lowest BCUT2D eigenvalue weighted by atomic mass is 9.74. The van der Waals surface area contributed by atoms with Crippen LogP contribution in [0.2, 0.25) is 0 Å². The van der Waals surface area contributed by atoms with Crippen LogP contribution in [0.3, 0.4) is 0 Å². The number of anilines is 2. The predicted molar refractivity (Wildman–Crippen MR) is 144 cm³/mol. The Balaban J connectivity index is 1.43. The largest absolute Gasteiger partial charge is 0.464 e. The maximum absolute atomic E-state index is 13.9. The lowest BCUT2D eigenvalue weighted by Gasteiger charge is -2.38. The van der Waals surface area contributed by atoms with E-state index in [0.717, 1.165) is 35.7 Å². The van der Waals surface area contributed by atoms with Crippen LogP contribution in [0.25, 0.3) is 0 Å². The van der Waals surface area contributed by atoms with Crippen LogP contribution in [0, 0.1) is 12.3 Å². The van der Waals surface area contributed by atoms with Crippen LogP contribution in [0.15, 0.2) is 76.4 Å². The van der Waals surface area contributed by atoms with E-state index < -0.39 is 6.04 Å². The first-order valence-electron chi connectivity index (χ1n) is 13.1. The number of nitrogens with one attached hydrogen (secondary N) is 1. The molecule has 6 rings (SSSR count). The van der Waals surface area contributed by atoms with Crippen molar-refractivity contribution in [3.8, 4) is 0 Å². The Kier molecular flexibility index (Phi) is 5.70. The molecule has 3 aliphatic rings. The van der Waals surface area contributed by atoms with Crippen molar-refractivity contribution in [1.29, 1.82) is 0 Å². The molecule has 0 radical (unpaired) electrons. The van der Waals surface area contributed by atoms with Gasteiger partial charge in [0, 0.05) is 30.8 Å². The van der Waals surface area contributed by atoms with Crippen molar-refractivity contribution in [2.24, 2.45) is 5.41 Å². The lowest BCUT2D eigenvalue weighted by molar-refractivity contribution is -0.130. The van der Waals surface area contributed by atoms with Crippen LogP contribution < -0.4 is 10.2 Å². The second kappa shape index (κ2) is 8.94. The van der Waals surface area contributed by atoms with Gasteiger partial charge in [-0.3, -0.25) is 9.59 Å². The standard InChI is InChI=1S/C31H33N3O3/c1-20-12-13-27(37-20)30-29-24(16-31(2,3)17-26(29)35)32-23-10-6-7-11-25(23)34(30)19-28(36)33-15-14-21-8-4-5-9-22(21)18-33/h4-13,30,32H,14-19H2,1-3H3. The monoisotopic (exact) mass is 495 g/mol. The van der Waals surface area contributed by atoms with E-state index in [4.69, 9.17) is 4.42 Å². The van der Waals surface area contributed by atoms with Gasteiger partial charge in [-0.15, -0.1) is 0 Å². The molecule has 2 aromatic carbocycles. The van der Waals surface area contributed by atoms with Crippen molar-refractivity contribution in [2.45, 2.75) is 52.6 Å². The molecular weight excluding hydrogens is 462 g/mol. The van der Waals surface area contributed by atoms with E-state index in [9.17, 15) is 9.59 Å². The highest BCUT2D eigenvalue weighted by atomic mass is 16.3. The Morgan fingerprint density at radius 2 is 1.78 bits per heavy atom. The molecule has 0 saturated heterocycles. The van der Waals surface area contributed by atoms with Gasteiger partial charge in [0.1, 0.15) is 17.6 Å². The Morgan fingerprint density at radius 1 is 1.03 bits per heavy atom. The number of rotatable bonds is 3. The van der Waals surface area contributed by atoms with Gasteiger partial charge in [0.05, 0.1) is 17.9 Å². The summed E-state index contributed by atoms with van der Waals surface area (Å²) in [5, 5.41) is 3.60. The molecule has 1 atom stereocenters. The number of nitrogens with zero attached hydrogens (tertiary/aromatic N) is 2. The number of aryl methyl sites for hydroxylation is 1. The van der Waals surface area contributed by atoms with E-state index in [1.165, 1.54) is 11.1 Å². The minimum Gasteiger partial charge on any atom is -0.464 e. The number of ketones is 1. The van der Waals surface area contributed by atoms with Crippen LogP contribution in [0.1, 0.15) is 55.4 Å². The van der Waals surface area contributed by atoms with Gasteiger partial charge in [0.25, 0.3) is 0 Å². The number of furan rings is 1. The highest BCUT2D eigenvalue weighted by Gasteiger charge is 2.43. The minimum atomic E-state index is -0.482. The number of Topliss-reactive ketones (excluding diaryl/α,β-unsaturated/α-hetero) is 1. The average Bonchev–Trinajstić information content (AvgIpc) is 3.24. The van der Waals surface area contributed by atoms with Crippen molar-refractivity contribution in [3.63, 3.8) is 0 Å². The molecule has 3 heterocycles. The third-order valence-corrected chi connectivity index (χ3v) is 7.82. The molecule has 0 bridgehead atoms. The van der Waals surface area contributed by atoms with Gasteiger partial charge in [-0.25, -0.2) is 0 Å². The SMILES string of the molecule is Cc1ccc(C2C3=C(CC(C)(C)CC3=O)Nc3ccccc3N2CC(=O)N2CCc3ccccc3C2)o1. The highest BCUT2D eigenvalue weighted by molar-refractivity contribution is 6.01. The van der Waals surface area contributed by atoms with E-state index in [1.54, 1.807) is 0 Å². The van der Waals surface area contributed by atoms with E-state index in [-0.39, 0.29) is 23.7 Å². The number of carbonyl (C=O) groups is 2. The van der Waals surface area contributed by atoms with Crippen molar-refractivity contribution in [3.05, 3.63) is 94.6 Å². The molecule has 1 N–H and O–H groups in total. The third-order valence-electron chi connectivity index (χ3n) is 7.82. The fraction of sp³-hybridized carbons (Fsp3) is 0.355. The first kappa shape index (κ1) is 23.6. The Labute approximate surface area is 217 Å². The molecule has 1 aliphatic carbocycles. The molecule has 0 saturated carbocycles. The highest BCUT2D eigenvalue weighted by Crippen LogP contribution is 2.48. The fourth-order valence-electron chi connectivity index (χ4n) is 6.08. The van der Waals surface area contributed by atoms with Crippen LogP contribution in [-0.4, -0.2) is 29.7 Å². The number of allylic oxidation sites excluding steroid dienone is 1. The summed E-state index contributed by atoms with van der Waals surface area (Å²) in [6, 6.07) is 19.7. The summed E-state index contributed by atoms with van der Waals surface area (Å²) in [6.45, 7) is 7.62. The lowest BCUT2D eigenvalue weighted by Crippen LogP contribution is -2.45. The maximum Gasteiger partial charge on any atom is 0.242 e. The van der Waals surface area contributed by atoms with Crippen molar-refractivity contribution in [1.82, 2.24) is 4.90 Å². The molecular formula is C31H33N3O3.